The van der Waals surface area contributed by atoms with Crippen molar-refractivity contribution in [2.45, 2.75) is 32.7 Å². The van der Waals surface area contributed by atoms with Crippen molar-refractivity contribution in [3.8, 4) is 0 Å². The molecule has 8 heteroatoms. The van der Waals surface area contributed by atoms with Crippen molar-refractivity contribution < 1.29 is 14.3 Å². The van der Waals surface area contributed by atoms with E-state index >= 15 is 0 Å². The molecule has 0 spiro atoms. The van der Waals surface area contributed by atoms with E-state index in [1.165, 1.54) is 22.0 Å². The summed E-state index contributed by atoms with van der Waals surface area (Å²) in [7, 11) is 0. The summed E-state index contributed by atoms with van der Waals surface area (Å²) in [5.41, 5.74) is 3.11. The van der Waals surface area contributed by atoms with Crippen LogP contribution >= 0.6 is 11.3 Å². The molecule has 1 atom stereocenters. The fourth-order valence-electron chi connectivity index (χ4n) is 4.83. The van der Waals surface area contributed by atoms with E-state index in [1.807, 2.05) is 54.6 Å². The number of carbonyl (C=O) groups excluding carboxylic acids is 2. The molecule has 0 aliphatic carbocycles. The number of amides is 1. The highest BCUT2D eigenvalue weighted by Gasteiger charge is 2.37. The number of para-hydroxylation sites is 1. The van der Waals surface area contributed by atoms with Crippen LogP contribution in [0.2, 0.25) is 0 Å². The zero-order valence-corrected chi connectivity index (χ0v) is 21.6. The summed E-state index contributed by atoms with van der Waals surface area (Å²) in [6.45, 7) is 8.06. The number of carbonyl (C=O) groups is 2. The van der Waals surface area contributed by atoms with E-state index in [9.17, 15) is 14.4 Å². The second-order valence-electron chi connectivity index (χ2n) is 8.90. The Morgan fingerprint density at radius 3 is 2.59 bits per heavy atom. The maximum Gasteiger partial charge on any atom is 0.338 e. The number of anilines is 1. The highest BCUT2D eigenvalue weighted by molar-refractivity contribution is 7.07. The van der Waals surface area contributed by atoms with Crippen LogP contribution < -0.4 is 19.8 Å². The van der Waals surface area contributed by atoms with E-state index in [4.69, 9.17) is 4.74 Å². The summed E-state index contributed by atoms with van der Waals surface area (Å²) in [6, 6.07) is 16.2. The van der Waals surface area contributed by atoms with Crippen molar-refractivity contribution in [2.75, 3.05) is 18.1 Å². The Hall–Kier alpha value is -4.04. The number of rotatable bonds is 7. The maximum atomic E-state index is 14.1. The minimum atomic E-state index is -0.730. The molecule has 188 valence electrons. The normalized spacial score (nSPS) is 17.8. The molecular weight excluding hydrogens is 486 g/mol. The lowest BCUT2D eigenvalue weighted by Crippen LogP contribution is -2.41. The van der Waals surface area contributed by atoms with Crippen molar-refractivity contribution in [1.29, 1.82) is 0 Å². The first-order valence-electron chi connectivity index (χ1n) is 12.3. The number of allylic oxidation sites excluding steroid dienone is 1. The van der Waals surface area contributed by atoms with E-state index < -0.39 is 12.0 Å². The van der Waals surface area contributed by atoms with Crippen molar-refractivity contribution in [3.63, 3.8) is 0 Å². The molecule has 0 saturated heterocycles. The van der Waals surface area contributed by atoms with Crippen molar-refractivity contribution >= 4 is 34.5 Å². The van der Waals surface area contributed by atoms with E-state index in [0.29, 0.717) is 32.7 Å². The van der Waals surface area contributed by atoms with Crippen molar-refractivity contribution in [1.82, 2.24) is 4.57 Å². The Morgan fingerprint density at radius 1 is 1.14 bits per heavy atom. The first-order chi connectivity index (χ1) is 18.0. The summed E-state index contributed by atoms with van der Waals surface area (Å²) >= 11 is 1.18. The van der Waals surface area contributed by atoms with Gasteiger partial charge in [0.25, 0.3) is 11.5 Å². The lowest BCUT2D eigenvalue weighted by atomic mass is 9.96. The third-order valence-corrected chi connectivity index (χ3v) is 7.60. The first-order valence-corrected chi connectivity index (χ1v) is 13.1. The third kappa shape index (κ3) is 4.17. The zero-order valence-electron chi connectivity index (χ0n) is 20.8. The molecule has 0 radical (unpaired) electrons. The number of esters is 1. The molecule has 0 N–H and O–H groups in total. The Labute approximate surface area is 218 Å². The van der Waals surface area contributed by atoms with E-state index in [2.05, 4.69) is 18.5 Å². The zero-order chi connectivity index (χ0) is 26.1. The molecule has 1 aromatic heterocycles. The fourth-order valence-corrected chi connectivity index (χ4v) is 5.97. The average molecular weight is 514 g/mol. The lowest BCUT2D eigenvalue weighted by molar-refractivity contribution is -0.138. The summed E-state index contributed by atoms with van der Waals surface area (Å²) in [6.07, 6.45) is 3.30. The fraction of sp³-hybridized carbons (Fsp3) is 0.241. The quantitative estimate of drug-likeness (QED) is 0.358. The van der Waals surface area contributed by atoms with Gasteiger partial charge in [0, 0.05) is 12.1 Å². The number of nitrogens with zero attached hydrogens (tertiary/aromatic N) is 3. The van der Waals surface area contributed by atoms with Gasteiger partial charge in [-0.25, -0.2) is 9.79 Å². The Morgan fingerprint density at radius 2 is 1.86 bits per heavy atom. The maximum absolute atomic E-state index is 14.1. The summed E-state index contributed by atoms with van der Waals surface area (Å²) in [5, 5.41) is 0. The van der Waals surface area contributed by atoms with Crippen LogP contribution in [0.3, 0.4) is 0 Å². The third-order valence-electron chi connectivity index (χ3n) is 6.55. The van der Waals surface area contributed by atoms with Crippen LogP contribution in [0.15, 0.2) is 88.3 Å². The lowest BCUT2D eigenvalue weighted by Gasteiger charge is -2.24. The molecule has 5 rings (SSSR count). The largest absolute Gasteiger partial charge is 0.458 e. The average Bonchev–Trinajstić information content (AvgIpc) is 3.37. The molecule has 3 aromatic rings. The molecule has 2 aliphatic heterocycles. The summed E-state index contributed by atoms with van der Waals surface area (Å²) in [4.78, 5) is 47.7. The van der Waals surface area contributed by atoms with E-state index in [1.54, 1.807) is 11.8 Å². The predicted octanol–water partition coefficient (Wildman–Crippen LogP) is 3.48. The molecule has 37 heavy (non-hydrogen) atoms. The van der Waals surface area contributed by atoms with Crippen LogP contribution in [0.4, 0.5) is 5.69 Å². The second kappa shape index (κ2) is 10.1. The predicted molar refractivity (Wildman–Crippen MR) is 144 cm³/mol. The van der Waals surface area contributed by atoms with Gasteiger partial charge in [0.15, 0.2) is 4.80 Å². The molecule has 2 aliphatic rings. The Balaban J connectivity index is 1.76. The topological polar surface area (TPSA) is 81.0 Å². The smallest absolute Gasteiger partial charge is 0.338 e. The molecule has 0 fully saturated rings. The van der Waals surface area contributed by atoms with Crippen molar-refractivity contribution in [3.05, 3.63) is 109 Å². The number of benzene rings is 2. The monoisotopic (exact) mass is 513 g/mol. The van der Waals surface area contributed by atoms with Crippen LogP contribution in [0.1, 0.15) is 43.9 Å². The molecule has 2 aromatic carbocycles. The van der Waals surface area contributed by atoms with Crippen LogP contribution in [0, 0.1) is 0 Å². The van der Waals surface area contributed by atoms with Gasteiger partial charge >= 0.3 is 5.97 Å². The van der Waals surface area contributed by atoms with Gasteiger partial charge in [-0.1, -0.05) is 85.9 Å². The SMILES string of the molecule is C=CCOC(=O)C1=C(C)N=c2s/c(=C3\C(=O)N(CCCC)c4ccccc43)c(=O)n2C1c1ccccc1. The molecule has 0 saturated carbocycles. The number of thiazole rings is 1. The number of hydrogen-bond acceptors (Lipinski definition) is 6. The van der Waals surface area contributed by atoms with Gasteiger partial charge in [-0.2, -0.15) is 0 Å². The Bertz CT molecular complexity index is 1610. The molecule has 0 bridgehead atoms. The summed E-state index contributed by atoms with van der Waals surface area (Å²) < 4.78 is 7.22. The van der Waals surface area contributed by atoms with Crippen molar-refractivity contribution in [2.24, 2.45) is 4.99 Å². The molecule has 7 nitrogen and oxygen atoms in total. The standard InChI is InChI=1S/C29H27N3O4S/c1-4-6-16-31-21-15-11-10-14-20(21)23(26(31)33)25-27(34)32-24(19-12-8-7-9-13-19)22(28(35)36-17-5-2)18(3)30-29(32)37-25/h5,7-15,24H,2,4,6,16-17H2,1,3H3/b25-23-. The van der Waals surface area contributed by atoms with Gasteiger partial charge < -0.3 is 9.64 Å². The highest BCUT2D eigenvalue weighted by atomic mass is 32.1. The number of aromatic nitrogens is 1. The van der Waals surface area contributed by atoms with E-state index in [0.717, 1.165) is 29.7 Å². The number of hydrogen-bond donors (Lipinski definition) is 0. The molecule has 1 amide bonds. The van der Waals surface area contributed by atoms with Crippen LogP contribution in [0.25, 0.3) is 5.57 Å². The molecule has 1 unspecified atom stereocenters. The minimum absolute atomic E-state index is 0.0462. The van der Waals surface area contributed by atoms with Gasteiger partial charge in [-0.15, -0.1) is 0 Å². The number of ether oxygens (including phenoxy) is 1. The van der Waals surface area contributed by atoms with Gasteiger partial charge in [0.1, 0.15) is 11.1 Å². The second-order valence-corrected chi connectivity index (χ2v) is 9.88. The highest BCUT2D eigenvalue weighted by Crippen LogP contribution is 2.35. The summed E-state index contributed by atoms with van der Waals surface area (Å²) in [5.74, 6) is -0.738. The Kier molecular flexibility index (Phi) is 6.76. The number of fused-ring (bicyclic) bond motifs is 2. The van der Waals surface area contributed by atoms with E-state index in [-0.39, 0.29) is 18.1 Å². The minimum Gasteiger partial charge on any atom is -0.458 e. The molecular formula is C29H27N3O4S. The molecule has 3 heterocycles. The first kappa shape index (κ1) is 24.6. The van der Waals surface area contributed by atoms with Gasteiger partial charge in [-0.05, 0) is 25.0 Å². The van der Waals surface area contributed by atoms with Crippen LogP contribution in [-0.4, -0.2) is 29.6 Å². The van der Waals surface area contributed by atoms with Gasteiger partial charge in [0.05, 0.1) is 28.6 Å². The number of unbranched alkanes of at least 4 members (excludes halogenated alkanes) is 1. The van der Waals surface area contributed by atoms with Gasteiger partial charge in [0.2, 0.25) is 0 Å². The van der Waals surface area contributed by atoms with Crippen LogP contribution in [-0.2, 0) is 14.3 Å². The van der Waals surface area contributed by atoms with Crippen LogP contribution in [0.5, 0.6) is 0 Å². The van der Waals surface area contributed by atoms with Gasteiger partial charge in [-0.3, -0.25) is 14.2 Å².